The number of benzene rings is 1. The number of carbonyl (C=O) groups excluding carboxylic acids is 1. The van der Waals surface area contributed by atoms with Crippen molar-refractivity contribution >= 4 is 17.5 Å². The molecule has 1 N–H and O–H groups in total. The molecule has 1 atom stereocenters. The minimum Gasteiger partial charge on any atom is -0.378 e. The van der Waals surface area contributed by atoms with E-state index in [1.165, 1.54) is 0 Å². The topological polar surface area (TPSA) is 61.4 Å². The zero-order valence-electron chi connectivity index (χ0n) is 15.8. The Morgan fingerprint density at radius 1 is 1.27 bits per heavy atom. The van der Waals surface area contributed by atoms with Crippen LogP contribution in [0.25, 0.3) is 0 Å². The highest BCUT2D eigenvalue weighted by Crippen LogP contribution is 2.21. The van der Waals surface area contributed by atoms with E-state index in [1.807, 2.05) is 27.1 Å². The Morgan fingerprint density at radius 3 is 2.73 bits per heavy atom. The summed E-state index contributed by atoms with van der Waals surface area (Å²) in [5.74, 6) is 0.815. The van der Waals surface area contributed by atoms with Gasteiger partial charge in [-0.2, -0.15) is 0 Å². The molecule has 0 saturated carbocycles. The van der Waals surface area contributed by atoms with Crippen LogP contribution < -0.4 is 15.1 Å². The minimum atomic E-state index is -0.0195. The molecule has 0 aliphatic carbocycles. The number of nitrogens with zero attached hydrogens (tertiary/aromatic N) is 4. The van der Waals surface area contributed by atoms with Crippen molar-refractivity contribution in [1.82, 2.24) is 15.3 Å². The molecule has 6 heteroatoms. The molecule has 0 radical (unpaired) electrons. The Hall–Kier alpha value is -2.63. The van der Waals surface area contributed by atoms with Gasteiger partial charge < -0.3 is 15.1 Å². The van der Waals surface area contributed by atoms with Gasteiger partial charge in [0.2, 0.25) is 11.9 Å². The van der Waals surface area contributed by atoms with Crippen molar-refractivity contribution in [2.45, 2.75) is 26.3 Å². The molecule has 2 aromatic rings. The van der Waals surface area contributed by atoms with Gasteiger partial charge in [0.1, 0.15) is 0 Å². The van der Waals surface area contributed by atoms with Gasteiger partial charge in [-0.05, 0) is 43.5 Å². The van der Waals surface area contributed by atoms with Crippen molar-refractivity contribution in [3.05, 3.63) is 47.8 Å². The minimum absolute atomic E-state index is 0.0195. The summed E-state index contributed by atoms with van der Waals surface area (Å²) in [6.07, 6.45) is 3.67. The molecule has 1 aromatic carbocycles. The number of hydrogen-bond donors (Lipinski definition) is 1. The van der Waals surface area contributed by atoms with Crippen molar-refractivity contribution in [3.8, 4) is 0 Å². The van der Waals surface area contributed by atoms with Gasteiger partial charge in [-0.15, -0.1) is 0 Å². The second-order valence-electron chi connectivity index (χ2n) is 7.06. The van der Waals surface area contributed by atoms with Crippen LogP contribution in [-0.2, 0) is 11.3 Å². The summed E-state index contributed by atoms with van der Waals surface area (Å²) in [6, 6.07) is 10.1. The molecule has 1 fully saturated rings. The van der Waals surface area contributed by atoms with Crippen molar-refractivity contribution in [1.29, 1.82) is 0 Å². The highest BCUT2D eigenvalue weighted by atomic mass is 16.1. The maximum Gasteiger partial charge on any atom is 0.225 e. The summed E-state index contributed by atoms with van der Waals surface area (Å²) in [5, 5.41) is 3.08. The first kappa shape index (κ1) is 18.2. The summed E-state index contributed by atoms with van der Waals surface area (Å²) in [4.78, 5) is 25.6. The second kappa shape index (κ2) is 8.17. The standard InChI is InChI=1S/C20H27N5O/c1-15-10-11-21-20(23-15)25-12-4-5-17(14-25)19(26)22-13-16-6-8-18(9-7-16)24(2)3/h6-11,17H,4-5,12-14H2,1-3H3,(H,22,26)/t17-/m1/s1. The van der Waals surface area contributed by atoms with Crippen molar-refractivity contribution < 1.29 is 4.79 Å². The molecule has 3 rings (SSSR count). The number of amides is 1. The van der Waals surface area contributed by atoms with Gasteiger partial charge >= 0.3 is 0 Å². The predicted molar refractivity (Wildman–Crippen MR) is 104 cm³/mol. The first-order valence-electron chi connectivity index (χ1n) is 9.11. The lowest BCUT2D eigenvalue weighted by molar-refractivity contribution is -0.125. The van der Waals surface area contributed by atoms with Crippen LogP contribution in [0.4, 0.5) is 11.6 Å². The Kier molecular flexibility index (Phi) is 5.71. The van der Waals surface area contributed by atoms with E-state index < -0.39 is 0 Å². The van der Waals surface area contributed by atoms with Crippen LogP contribution >= 0.6 is 0 Å². The summed E-state index contributed by atoms with van der Waals surface area (Å²) < 4.78 is 0. The number of aryl methyl sites for hydroxylation is 1. The fourth-order valence-corrected chi connectivity index (χ4v) is 3.21. The average Bonchev–Trinajstić information content (AvgIpc) is 2.66. The van der Waals surface area contributed by atoms with Crippen molar-refractivity contribution in [2.24, 2.45) is 5.92 Å². The smallest absolute Gasteiger partial charge is 0.225 e. The summed E-state index contributed by atoms with van der Waals surface area (Å²) >= 11 is 0. The van der Waals surface area contributed by atoms with Gasteiger partial charge in [-0.25, -0.2) is 9.97 Å². The Morgan fingerprint density at radius 2 is 2.04 bits per heavy atom. The number of aromatic nitrogens is 2. The molecule has 1 aromatic heterocycles. The van der Waals surface area contributed by atoms with Gasteiger partial charge in [-0.3, -0.25) is 4.79 Å². The van der Waals surface area contributed by atoms with Crippen LogP contribution in [0, 0.1) is 12.8 Å². The number of hydrogen-bond acceptors (Lipinski definition) is 5. The average molecular weight is 353 g/mol. The number of carbonyl (C=O) groups is 1. The SMILES string of the molecule is Cc1ccnc(N2CCC[C@@H](C(=O)NCc3ccc(N(C)C)cc3)C2)n1. The van der Waals surface area contributed by atoms with Crippen LogP contribution in [0.3, 0.4) is 0 Å². The van der Waals surface area contributed by atoms with Gasteiger partial charge in [0.25, 0.3) is 0 Å². The molecule has 138 valence electrons. The predicted octanol–water partition coefficient (Wildman–Crippen LogP) is 2.38. The van der Waals surface area contributed by atoms with E-state index in [9.17, 15) is 4.79 Å². The van der Waals surface area contributed by atoms with Gasteiger partial charge in [-0.1, -0.05) is 12.1 Å². The molecular weight excluding hydrogens is 326 g/mol. The summed E-state index contributed by atoms with van der Waals surface area (Å²) in [7, 11) is 4.03. The number of anilines is 2. The van der Waals surface area contributed by atoms with E-state index in [1.54, 1.807) is 6.20 Å². The molecular formula is C20H27N5O. The molecule has 1 saturated heterocycles. The van der Waals surface area contributed by atoms with Gasteiger partial charge in [0.05, 0.1) is 5.92 Å². The molecule has 0 bridgehead atoms. The number of rotatable bonds is 5. The lowest BCUT2D eigenvalue weighted by Gasteiger charge is -2.32. The largest absolute Gasteiger partial charge is 0.378 e. The maximum atomic E-state index is 12.6. The molecule has 1 aliphatic heterocycles. The zero-order chi connectivity index (χ0) is 18.5. The molecule has 2 heterocycles. The fraction of sp³-hybridized carbons (Fsp3) is 0.450. The van der Waals surface area contributed by atoms with Gasteiger partial charge in [0, 0.05) is 51.3 Å². The molecule has 6 nitrogen and oxygen atoms in total. The van der Waals surface area contributed by atoms with Gasteiger partial charge in [0.15, 0.2) is 0 Å². The van der Waals surface area contributed by atoms with E-state index in [0.29, 0.717) is 13.1 Å². The molecule has 1 aliphatic rings. The first-order valence-corrected chi connectivity index (χ1v) is 9.11. The summed E-state index contributed by atoms with van der Waals surface area (Å²) in [6.45, 7) is 4.10. The fourth-order valence-electron chi connectivity index (χ4n) is 3.21. The molecule has 0 unspecified atom stereocenters. The lowest BCUT2D eigenvalue weighted by Crippen LogP contribution is -2.43. The van der Waals surface area contributed by atoms with Crippen LogP contribution in [0.5, 0.6) is 0 Å². The maximum absolute atomic E-state index is 12.6. The molecule has 1 amide bonds. The monoisotopic (exact) mass is 353 g/mol. The third kappa shape index (κ3) is 4.50. The summed E-state index contributed by atoms with van der Waals surface area (Å²) in [5.41, 5.74) is 3.21. The molecule has 0 spiro atoms. The second-order valence-corrected chi connectivity index (χ2v) is 7.06. The van der Waals surface area contributed by atoms with E-state index in [-0.39, 0.29) is 11.8 Å². The first-order chi connectivity index (χ1) is 12.5. The van der Waals surface area contributed by atoms with E-state index in [2.05, 4.69) is 49.4 Å². The quantitative estimate of drug-likeness (QED) is 0.894. The Bertz CT molecular complexity index is 744. The third-order valence-corrected chi connectivity index (χ3v) is 4.78. The molecule has 26 heavy (non-hydrogen) atoms. The highest BCUT2D eigenvalue weighted by Gasteiger charge is 2.27. The number of piperidine rings is 1. The van der Waals surface area contributed by atoms with Crippen molar-refractivity contribution in [2.75, 3.05) is 37.0 Å². The van der Waals surface area contributed by atoms with Crippen molar-refractivity contribution in [3.63, 3.8) is 0 Å². The normalized spacial score (nSPS) is 17.0. The van der Waals surface area contributed by atoms with E-state index in [0.717, 1.165) is 42.3 Å². The lowest BCUT2D eigenvalue weighted by atomic mass is 9.97. The Labute approximate surface area is 155 Å². The number of nitrogens with one attached hydrogen (secondary N) is 1. The highest BCUT2D eigenvalue weighted by molar-refractivity contribution is 5.79. The van der Waals surface area contributed by atoms with Crippen LogP contribution in [0.15, 0.2) is 36.5 Å². The van der Waals surface area contributed by atoms with Crippen LogP contribution in [0.2, 0.25) is 0 Å². The van der Waals surface area contributed by atoms with E-state index >= 15 is 0 Å². The van der Waals surface area contributed by atoms with Crippen LogP contribution in [0.1, 0.15) is 24.1 Å². The third-order valence-electron chi connectivity index (χ3n) is 4.78. The van der Waals surface area contributed by atoms with Crippen LogP contribution in [-0.4, -0.2) is 43.1 Å². The van der Waals surface area contributed by atoms with E-state index in [4.69, 9.17) is 0 Å². The zero-order valence-corrected chi connectivity index (χ0v) is 15.8. The Balaban J connectivity index is 1.55.